The Morgan fingerprint density at radius 3 is 2.55 bits per heavy atom. The number of nitrogens with one attached hydrogen (secondary N) is 1. The molecule has 1 aromatic carbocycles. The average Bonchev–Trinajstić information content (AvgIpc) is 2.45. The van der Waals surface area contributed by atoms with Gasteiger partial charge in [-0.3, -0.25) is 4.79 Å². The summed E-state index contributed by atoms with van der Waals surface area (Å²) in [6.45, 7) is 0. The number of benzene rings is 1. The lowest BCUT2D eigenvalue weighted by molar-refractivity contribution is -0.141. The fraction of sp³-hybridized carbons (Fsp3) is 0.467. The molecule has 4 nitrogen and oxygen atoms in total. The van der Waals surface area contributed by atoms with Crippen LogP contribution in [0.3, 0.4) is 0 Å². The fourth-order valence-electron chi connectivity index (χ4n) is 2.70. The van der Waals surface area contributed by atoms with Gasteiger partial charge in [0.15, 0.2) is 0 Å². The summed E-state index contributed by atoms with van der Waals surface area (Å²) in [4.78, 5) is 23.6. The fourth-order valence-corrected chi connectivity index (χ4v) is 3.10. The Balaban J connectivity index is 2.07. The van der Waals surface area contributed by atoms with Gasteiger partial charge in [0.1, 0.15) is 6.04 Å². The highest BCUT2D eigenvalue weighted by Gasteiger charge is 2.30. The lowest BCUT2D eigenvalue weighted by Gasteiger charge is -2.28. The van der Waals surface area contributed by atoms with Crippen LogP contribution in [0.5, 0.6) is 0 Å². The second-order valence-corrected chi connectivity index (χ2v) is 6.11. The van der Waals surface area contributed by atoms with Crippen LogP contribution in [0.25, 0.3) is 0 Å². The molecular weight excluding hydrogens is 322 g/mol. The quantitative estimate of drug-likeness (QED) is 0.884. The molecule has 1 aromatic rings. The standard InChI is InChI=1S/C15H18BrNO3/c16-12-8-4-7-11(9-12)14(18)17-13(15(19)20)10-5-2-1-3-6-10/h4,7-10,13H,1-3,5-6H2,(H,17,18)(H,19,20)/t13-/m1/s1. The van der Waals surface area contributed by atoms with E-state index in [-0.39, 0.29) is 11.8 Å². The summed E-state index contributed by atoms with van der Waals surface area (Å²) < 4.78 is 0.801. The first kappa shape index (κ1) is 15.0. The molecule has 0 aromatic heterocycles. The van der Waals surface area contributed by atoms with Crippen LogP contribution in [0.4, 0.5) is 0 Å². The van der Waals surface area contributed by atoms with E-state index in [0.29, 0.717) is 5.56 Å². The van der Waals surface area contributed by atoms with Gasteiger partial charge >= 0.3 is 5.97 Å². The van der Waals surface area contributed by atoms with Crippen molar-refractivity contribution in [1.82, 2.24) is 5.32 Å². The van der Waals surface area contributed by atoms with Gasteiger partial charge in [0.05, 0.1) is 0 Å². The second-order valence-electron chi connectivity index (χ2n) is 5.20. The van der Waals surface area contributed by atoms with Gasteiger partial charge in [0.25, 0.3) is 5.91 Å². The number of hydrogen-bond donors (Lipinski definition) is 2. The van der Waals surface area contributed by atoms with Gasteiger partial charge in [-0.05, 0) is 37.0 Å². The van der Waals surface area contributed by atoms with Gasteiger partial charge in [-0.15, -0.1) is 0 Å². The predicted molar refractivity (Wildman–Crippen MR) is 79.6 cm³/mol. The lowest BCUT2D eigenvalue weighted by Crippen LogP contribution is -2.46. The van der Waals surface area contributed by atoms with Crippen molar-refractivity contribution in [3.8, 4) is 0 Å². The minimum absolute atomic E-state index is 0.0392. The minimum Gasteiger partial charge on any atom is -0.480 e. The van der Waals surface area contributed by atoms with E-state index in [2.05, 4.69) is 21.2 Å². The number of hydrogen-bond acceptors (Lipinski definition) is 2. The van der Waals surface area contributed by atoms with E-state index in [9.17, 15) is 14.7 Å². The molecule has 2 N–H and O–H groups in total. The molecule has 0 unspecified atom stereocenters. The summed E-state index contributed by atoms with van der Waals surface area (Å²) in [6, 6.07) is 6.17. The van der Waals surface area contributed by atoms with Gasteiger partial charge in [0, 0.05) is 10.0 Å². The van der Waals surface area contributed by atoms with Crippen molar-refractivity contribution in [3.05, 3.63) is 34.3 Å². The first-order valence-corrected chi connectivity index (χ1v) is 7.66. The van der Waals surface area contributed by atoms with Gasteiger partial charge in [-0.2, -0.15) is 0 Å². The third-order valence-electron chi connectivity index (χ3n) is 3.76. The van der Waals surface area contributed by atoms with Gasteiger partial charge in [0.2, 0.25) is 0 Å². The number of carboxylic acids is 1. The normalized spacial score (nSPS) is 17.4. The van der Waals surface area contributed by atoms with E-state index in [1.54, 1.807) is 18.2 Å². The summed E-state index contributed by atoms with van der Waals surface area (Å²) in [5.41, 5.74) is 0.474. The largest absolute Gasteiger partial charge is 0.480 e. The van der Waals surface area contributed by atoms with Crippen molar-refractivity contribution in [2.24, 2.45) is 5.92 Å². The SMILES string of the molecule is O=C(N[C@@H](C(=O)O)C1CCCCC1)c1cccc(Br)c1. The van der Waals surface area contributed by atoms with Crippen molar-refractivity contribution in [3.63, 3.8) is 0 Å². The first-order chi connectivity index (χ1) is 9.58. The number of amides is 1. The van der Waals surface area contributed by atoms with E-state index in [1.165, 1.54) is 0 Å². The third kappa shape index (κ3) is 3.82. The summed E-state index contributed by atoms with van der Waals surface area (Å²) in [7, 11) is 0. The van der Waals surface area contributed by atoms with Crippen molar-refractivity contribution >= 4 is 27.8 Å². The molecule has 1 saturated carbocycles. The Morgan fingerprint density at radius 2 is 1.95 bits per heavy atom. The van der Waals surface area contributed by atoms with Crippen LogP contribution >= 0.6 is 15.9 Å². The smallest absolute Gasteiger partial charge is 0.326 e. The second kappa shape index (κ2) is 6.88. The Kier molecular flexibility index (Phi) is 5.17. The minimum atomic E-state index is -0.944. The van der Waals surface area contributed by atoms with Crippen LogP contribution in [0.2, 0.25) is 0 Å². The topological polar surface area (TPSA) is 66.4 Å². The highest BCUT2D eigenvalue weighted by atomic mass is 79.9. The van der Waals surface area contributed by atoms with E-state index >= 15 is 0 Å². The molecule has 0 saturated heterocycles. The number of rotatable bonds is 4. The van der Waals surface area contributed by atoms with E-state index in [1.807, 2.05) is 6.07 Å². The number of aliphatic carboxylic acids is 1. The van der Waals surface area contributed by atoms with Crippen LogP contribution in [0.1, 0.15) is 42.5 Å². The predicted octanol–water partition coefficient (Wildman–Crippen LogP) is 3.21. The first-order valence-electron chi connectivity index (χ1n) is 6.87. The molecule has 2 rings (SSSR count). The van der Waals surface area contributed by atoms with Crippen LogP contribution in [-0.2, 0) is 4.79 Å². The van der Waals surface area contributed by atoms with Crippen molar-refractivity contribution in [2.75, 3.05) is 0 Å². The number of carbonyl (C=O) groups excluding carboxylic acids is 1. The van der Waals surface area contributed by atoms with Gasteiger partial charge < -0.3 is 10.4 Å². The molecule has 1 amide bonds. The molecule has 1 fully saturated rings. The highest BCUT2D eigenvalue weighted by molar-refractivity contribution is 9.10. The molecule has 0 aliphatic heterocycles. The zero-order chi connectivity index (χ0) is 14.5. The number of halogens is 1. The van der Waals surface area contributed by atoms with Crippen molar-refractivity contribution in [2.45, 2.75) is 38.1 Å². The molecule has 1 aliphatic carbocycles. The summed E-state index contributed by atoms with van der Waals surface area (Å²) in [5.74, 6) is -1.23. The molecule has 20 heavy (non-hydrogen) atoms. The Hall–Kier alpha value is -1.36. The number of carbonyl (C=O) groups is 2. The van der Waals surface area contributed by atoms with Crippen LogP contribution < -0.4 is 5.32 Å². The summed E-state index contributed by atoms with van der Waals surface area (Å²) in [6.07, 6.45) is 4.98. The molecule has 0 radical (unpaired) electrons. The molecular formula is C15H18BrNO3. The molecule has 0 bridgehead atoms. The van der Waals surface area contributed by atoms with Gasteiger partial charge in [-0.25, -0.2) is 4.79 Å². The monoisotopic (exact) mass is 339 g/mol. The lowest BCUT2D eigenvalue weighted by atomic mass is 9.84. The zero-order valence-corrected chi connectivity index (χ0v) is 12.7. The Morgan fingerprint density at radius 1 is 1.25 bits per heavy atom. The Labute approximate surface area is 126 Å². The van der Waals surface area contributed by atoms with E-state index < -0.39 is 12.0 Å². The van der Waals surface area contributed by atoms with Crippen LogP contribution in [0.15, 0.2) is 28.7 Å². The maximum Gasteiger partial charge on any atom is 0.326 e. The summed E-state index contributed by atoms with van der Waals surface area (Å²) in [5, 5.41) is 12.0. The van der Waals surface area contributed by atoms with E-state index in [0.717, 1.165) is 36.6 Å². The molecule has 1 aliphatic rings. The molecule has 1 atom stereocenters. The molecule has 5 heteroatoms. The van der Waals surface area contributed by atoms with E-state index in [4.69, 9.17) is 0 Å². The Bertz CT molecular complexity index is 498. The molecule has 0 spiro atoms. The summed E-state index contributed by atoms with van der Waals surface area (Å²) >= 11 is 3.31. The maximum absolute atomic E-state index is 12.2. The van der Waals surface area contributed by atoms with Gasteiger partial charge in [-0.1, -0.05) is 41.3 Å². The molecule has 0 heterocycles. The average molecular weight is 340 g/mol. The van der Waals surface area contributed by atoms with Crippen molar-refractivity contribution in [1.29, 1.82) is 0 Å². The third-order valence-corrected chi connectivity index (χ3v) is 4.25. The maximum atomic E-state index is 12.2. The van der Waals surface area contributed by atoms with Crippen LogP contribution in [0, 0.1) is 5.92 Å². The number of carboxylic acid groups (broad SMARTS) is 1. The zero-order valence-electron chi connectivity index (χ0n) is 11.1. The molecule has 108 valence electrons. The highest BCUT2D eigenvalue weighted by Crippen LogP contribution is 2.27. The van der Waals surface area contributed by atoms with Crippen LogP contribution in [-0.4, -0.2) is 23.0 Å². The van der Waals surface area contributed by atoms with Crippen molar-refractivity contribution < 1.29 is 14.7 Å².